The molecular weight excluding hydrogens is 296 g/mol. The summed E-state index contributed by atoms with van der Waals surface area (Å²) >= 11 is 0. The average molecular weight is 307 g/mol. The smallest absolute Gasteiger partial charge is 0.322 e. The third kappa shape index (κ3) is 2.26. The Hall–Kier alpha value is -2.64. The maximum atomic E-state index is 13.8. The number of ether oxygens (including phenoxy) is 2. The van der Waals surface area contributed by atoms with Crippen molar-refractivity contribution in [2.45, 2.75) is 12.3 Å². The highest BCUT2D eigenvalue weighted by Gasteiger charge is 2.37. The van der Waals surface area contributed by atoms with Crippen LogP contribution in [0.5, 0.6) is 12.0 Å². The van der Waals surface area contributed by atoms with Crippen LogP contribution < -0.4 is 9.47 Å². The van der Waals surface area contributed by atoms with E-state index in [2.05, 4.69) is 15.0 Å². The fraction of sp³-hybridized carbons (Fsp3) is 0.286. The van der Waals surface area contributed by atoms with E-state index < -0.39 is 17.6 Å². The van der Waals surface area contributed by atoms with Gasteiger partial charge in [-0.2, -0.15) is 9.97 Å². The van der Waals surface area contributed by atoms with Gasteiger partial charge >= 0.3 is 12.0 Å². The molecule has 2 aromatic rings. The number of benzene rings is 1. The largest absolute Gasteiger partial charge is 0.467 e. The summed E-state index contributed by atoms with van der Waals surface area (Å²) in [7, 11) is 2.70. The Labute approximate surface area is 124 Å². The number of hydrogen-bond donors (Lipinski definition) is 0. The van der Waals surface area contributed by atoms with Crippen LogP contribution in [0, 0.1) is 11.6 Å². The van der Waals surface area contributed by atoms with Gasteiger partial charge in [0.15, 0.2) is 11.6 Å². The minimum Gasteiger partial charge on any atom is -0.467 e. The van der Waals surface area contributed by atoms with Crippen molar-refractivity contribution in [3.63, 3.8) is 0 Å². The first kappa shape index (κ1) is 14.3. The number of Topliss-reactive ketones (excluding diaryl/α,β-unsaturated/α-hetero) is 1. The van der Waals surface area contributed by atoms with Crippen LogP contribution in [0.4, 0.5) is 8.78 Å². The molecule has 1 aliphatic carbocycles. The van der Waals surface area contributed by atoms with Gasteiger partial charge in [-0.15, -0.1) is 4.98 Å². The number of ketones is 1. The fourth-order valence-corrected chi connectivity index (χ4v) is 2.46. The van der Waals surface area contributed by atoms with E-state index in [-0.39, 0.29) is 41.2 Å². The molecule has 1 aromatic heterocycles. The highest BCUT2D eigenvalue weighted by atomic mass is 19.1. The van der Waals surface area contributed by atoms with Crippen LogP contribution in [0.15, 0.2) is 12.1 Å². The molecule has 0 aliphatic heterocycles. The van der Waals surface area contributed by atoms with Gasteiger partial charge in [-0.1, -0.05) is 0 Å². The maximum Gasteiger partial charge on any atom is 0.322 e. The van der Waals surface area contributed by atoms with Crippen molar-refractivity contribution in [1.82, 2.24) is 15.0 Å². The van der Waals surface area contributed by atoms with E-state index >= 15 is 0 Å². The van der Waals surface area contributed by atoms with E-state index in [1.54, 1.807) is 0 Å². The highest BCUT2D eigenvalue weighted by molar-refractivity contribution is 5.94. The van der Waals surface area contributed by atoms with Crippen molar-refractivity contribution >= 4 is 5.78 Å². The van der Waals surface area contributed by atoms with Gasteiger partial charge in [-0.3, -0.25) is 4.79 Å². The van der Waals surface area contributed by atoms with Gasteiger partial charge in [-0.05, 0) is 17.2 Å². The quantitative estimate of drug-likeness (QED) is 0.854. The molecule has 0 bridgehead atoms. The molecule has 6 nitrogen and oxygen atoms in total. The molecular formula is C14H11F2N3O3. The van der Waals surface area contributed by atoms with Gasteiger partial charge < -0.3 is 9.47 Å². The summed E-state index contributed by atoms with van der Waals surface area (Å²) in [5, 5.41) is 0. The predicted octanol–water partition coefficient (Wildman–Crippen LogP) is 1.42. The van der Waals surface area contributed by atoms with Crippen LogP contribution in [0.3, 0.4) is 0 Å². The SMILES string of the molecule is COc1nc(OC)nc(C2C(=O)Cc3c(F)cc(F)cc32)n1. The summed E-state index contributed by atoms with van der Waals surface area (Å²) in [6.45, 7) is 0. The van der Waals surface area contributed by atoms with Crippen molar-refractivity contribution in [1.29, 1.82) is 0 Å². The summed E-state index contributed by atoms with van der Waals surface area (Å²) in [6, 6.07) is 1.79. The van der Waals surface area contributed by atoms with Crippen molar-refractivity contribution in [2.24, 2.45) is 0 Å². The van der Waals surface area contributed by atoms with Crippen LogP contribution in [-0.4, -0.2) is 35.0 Å². The van der Waals surface area contributed by atoms with Gasteiger partial charge in [0, 0.05) is 12.5 Å². The molecule has 0 radical (unpaired) electrons. The Morgan fingerprint density at radius 1 is 1.09 bits per heavy atom. The highest BCUT2D eigenvalue weighted by Crippen LogP contribution is 2.36. The molecule has 8 heteroatoms. The lowest BCUT2D eigenvalue weighted by atomic mass is 9.99. The zero-order valence-corrected chi connectivity index (χ0v) is 11.8. The van der Waals surface area contributed by atoms with E-state index in [1.165, 1.54) is 14.2 Å². The third-order valence-electron chi connectivity index (χ3n) is 3.41. The second-order valence-corrected chi connectivity index (χ2v) is 4.70. The molecule has 1 heterocycles. The number of hydrogen-bond acceptors (Lipinski definition) is 6. The molecule has 0 spiro atoms. The summed E-state index contributed by atoms with van der Waals surface area (Å²) < 4.78 is 37.1. The van der Waals surface area contributed by atoms with Gasteiger partial charge in [0.2, 0.25) is 0 Å². The number of carbonyl (C=O) groups is 1. The molecule has 1 aliphatic rings. The van der Waals surface area contributed by atoms with E-state index in [9.17, 15) is 13.6 Å². The van der Waals surface area contributed by atoms with Crippen molar-refractivity contribution < 1.29 is 23.0 Å². The van der Waals surface area contributed by atoms with Crippen LogP contribution in [0.2, 0.25) is 0 Å². The normalized spacial score (nSPS) is 16.5. The van der Waals surface area contributed by atoms with Gasteiger partial charge in [-0.25, -0.2) is 8.78 Å². The molecule has 114 valence electrons. The summed E-state index contributed by atoms with van der Waals surface area (Å²) in [5.41, 5.74) is 0.382. The van der Waals surface area contributed by atoms with Crippen LogP contribution in [-0.2, 0) is 11.2 Å². The molecule has 0 saturated carbocycles. The number of fused-ring (bicyclic) bond motifs is 1. The van der Waals surface area contributed by atoms with E-state index in [0.29, 0.717) is 0 Å². The number of nitrogens with zero attached hydrogens (tertiary/aromatic N) is 3. The lowest BCUT2D eigenvalue weighted by molar-refractivity contribution is -0.118. The van der Waals surface area contributed by atoms with Crippen LogP contribution >= 0.6 is 0 Å². The van der Waals surface area contributed by atoms with Crippen molar-refractivity contribution in [3.8, 4) is 12.0 Å². The van der Waals surface area contributed by atoms with E-state index in [4.69, 9.17) is 9.47 Å². The van der Waals surface area contributed by atoms with Gasteiger partial charge in [0.1, 0.15) is 17.6 Å². The van der Waals surface area contributed by atoms with Crippen LogP contribution in [0.1, 0.15) is 22.9 Å². The topological polar surface area (TPSA) is 74.2 Å². The lowest BCUT2D eigenvalue weighted by Crippen LogP contribution is -2.14. The molecule has 3 rings (SSSR count). The zero-order chi connectivity index (χ0) is 15.9. The summed E-state index contributed by atoms with van der Waals surface area (Å²) in [6.07, 6.45) is -0.136. The maximum absolute atomic E-state index is 13.8. The van der Waals surface area contributed by atoms with Gasteiger partial charge in [0.25, 0.3) is 0 Å². The average Bonchev–Trinajstić information content (AvgIpc) is 2.83. The Morgan fingerprint density at radius 2 is 1.73 bits per heavy atom. The Morgan fingerprint density at radius 3 is 2.32 bits per heavy atom. The number of carbonyl (C=O) groups excluding carboxylic acids is 1. The summed E-state index contributed by atoms with van der Waals surface area (Å²) in [4.78, 5) is 24.1. The minimum absolute atomic E-state index is 0.0393. The zero-order valence-electron chi connectivity index (χ0n) is 11.8. The first-order valence-electron chi connectivity index (χ1n) is 6.38. The van der Waals surface area contributed by atoms with E-state index in [1.807, 2.05) is 0 Å². The summed E-state index contributed by atoms with van der Waals surface area (Å²) in [5.74, 6) is -2.76. The first-order chi connectivity index (χ1) is 10.5. The van der Waals surface area contributed by atoms with Crippen molar-refractivity contribution in [3.05, 3.63) is 40.7 Å². The molecule has 1 atom stereocenters. The molecule has 1 aromatic carbocycles. The number of aromatic nitrogens is 3. The van der Waals surface area contributed by atoms with Crippen LogP contribution in [0.25, 0.3) is 0 Å². The second-order valence-electron chi connectivity index (χ2n) is 4.70. The van der Waals surface area contributed by atoms with E-state index in [0.717, 1.165) is 12.1 Å². The second kappa shape index (κ2) is 5.28. The number of rotatable bonds is 3. The lowest BCUT2D eigenvalue weighted by Gasteiger charge is -2.11. The minimum atomic E-state index is -0.967. The molecule has 0 amide bonds. The number of methoxy groups -OCH3 is 2. The molecule has 0 N–H and O–H groups in total. The van der Waals surface area contributed by atoms with Crippen molar-refractivity contribution in [2.75, 3.05) is 14.2 Å². The third-order valence-corrected chi connectivity index (χ3v) is 3.41. The first-order valence-corrected chi connectivity index (χ1v) is 6.38. The number of halogens is 2. The standard InChI is InChI=1S/C14H11F2N3O3/c1-21-13-17-12(18-14(19-13)22-2)11-8-3-6(15)4-9(16)7(8)5-10(11)20/h3-4,11H,5H2,1-2H3. The molecule has 22 heavy (non-hydrogen) atoms. The molecule has 0 fully saturated rings. The van der Waals surface area contributed by atoms with Gasteiger partial charge in [0.05, 0.1) is 14.2 Å². The predicted molar refractivity (Wildman–Crippen MR) is 69.8 cm³/mol. The molecule has 1 unspecified atom stereocenters. The Balaban J connectivity index is 2.16. The molecule has 0 saturated heterocycles. The fourth-order valence-electron chi connectivity index (χ4n) is 2.46. The Bertz CT molecular complexity index is 745. The monoisotopic (exact) mass is 307 g/mol. The Kier molecular flexibility index (Phi) is 3.44.